The van der Waals surface area contributed by atoms with Gasteiger partial charge in [0.1, 0.15) is 5.75 Å². The van der Waals surface area contributed by atoms with Crippen LogP contribution >= 0.6 is 0 Å². The number of ether oxygens (including phenoxy) is 1. The van der Waals surface area contributed by atoms with Gasteiger partial charge in [-0.05, 0) is 62.9 Å². The summed E-state index contributed by atoms with van der Waals surface area (Å²) in [6.07, 6.45) is 7.28. The van der Waals surface area contributed by atoms with Gasteiger partial charge in [0.15, 0.2) is 5.82 Å². The zero-order chi connectivity index (χ0) is 24.8. The van der Waals surface area contributed by atoms with E-state index in [1.165, 1.54) is 0 Å². The fraction of sp³-hybridized carbons (Fsp3) is 0.538. The number of carbonyl (C=O) groups excluding carboxylic acids is 2. The lowest BCUT2D eigenvalue weighted by Crippen LogP contribution is -2.47. The quantitative estimate of drug-likeness (QED) is 0.585. The van der Waals surface area contributed by atoms with Crippen molar-refractivity contribution in [1.82, 2.24) is 25.5 Å². The number of piperidine rings is 2. The molecule has 3 heterocycles. The Bertz CT molecular complexity index is 1060. The summed E-state index contributed by atoms with van der Waals surface area (Å²) in [6.45, 7) is 9.69. The van der Waals surface area contributed by atoms with Gasteiger partial charge in [-0.15, -0.1) is 0 Å². The minimum absolute atomic E-state index is 0.0607. The highest BCUT2D eigenvalue weighted by Crippen LogP contribution is 2.32. The van der Waals surface area contributed by atoms with Crippen LogP contribution in [0.25, 0.3) is 11.3 Å². The summed E-state index contributed by atoms with van der Waals surface area (Å²) in [5.41, 5.74) is 2.50. The summed E-state index contributed by atoms with van der Waals surface area (Å²) in [4.78, 5) is 34.9. The number of aromatic nitrogens is 2. The molecular weight excluding hydrogens is 444 g/mol. The lowest BCUT2D eigenvalue weighted by atomic mass is 9.82. The molecule has 0 bridgehead atoms. The molecule has 2 saturated heterocycles. The predicted molar refractivity (Wildman–Crippen MR) is 135 cm³/mol. The van der Waals surface area contributed by atoms with Crippen LogP contribution in [0.3, 0.4) is 0 Å². The molecule has 0 spiro atoms. The van der Waals surface area contributed by atoms with E-state index < -0.39 is 0 Å². The molecule has 3 amide bonds. The summed E-state index contributed by atoms with van der Waals surface area (Å²) < 4.78 is 6.20. The van der Waals surface area contributed by atoms with E-state index in [4.69, 9.17) is 4.74 Å². The van der Waals surface area contributed by atoms with E-state index in [1.54, 1.807) is 19.3 Å². The van der Waals surface area contributed by atoms with Crippen molar-refractivity contribution >= 4 is 17.8 Å². The largest absolute Gasteiger partial charge is 0.493 e. The Kier molecular flexibility index (Phi) is 7.85. The summed E-state index contributed by atoms with van der Waals surface area (Å²) in [7, 11) is 0. The fourth-order valence-electron chi connectivity index (χ4n) is 4.80. The predicted octanol–water partition coefficient (Wildman–Crippen LogP) is 3.35. The van der Waals surface area contributed by atoms with Gasteiger partial charge in [-0.3, -0.25) is 15.1 Å². The van der Waals surface area contributed by atoms with E-state index in [0.29, 0.717) is 18.1 Å². The van der Waals surface area contributed by atoms with Crippen LogP contribution < -0.4 is 20.7 Å². The molecule has 2 aliphatic rings. The molecule has 4 rings (SSSR count). The summed E-state index contributed by atoms with van der Waals surface area (Å²) in [5, 5.41) is 9.06. The monoisotopic (exact) mass is 480 g/mol. The Hall–Kier alpha value is -3.20. The second-order valence-corrected chi connectivity index (χ2v) is 10.1. The Morgan fingerprint density at radius 1 is 1.29 bits per heavy atom. The molecule has 3 N–H and O–H groups in total. The van der Waals surface area contributed by atoms with Gasteiger partial charge >= 0.3 is 6.03 Å². The topological polar surface area (TPSA) is 108 Å². The molecule has 9 nitrogen and oxygen atoms in total. The highest BCUT2D eigenvalue weighted by atomic mass is 16.5. The molecule has 2 aromatic rings. The van der Waals surface area contributed by atoms with Gasteiger partial charge in [-0.1, -0.05) is 6.92 Å². The highest BCUT2D eigenvalue weighted by molar-refractivity contribution is 5.88. The molecule has 1 aromatic heterocycles. The van der Waals surface area contributed by atoms with Gasteiger partial charge in [0.2, 0.25) is 5.91 Å². The van der Waals surface area contributed by atoms with E-state index in [-0.39, 0.29) is 23.4 Å². The molecule has 0 radical (unpaired) electrons. The molecule has 0 aliphatic carbocycles. The van der Waals surface area contributed by atoms with Gasteiger partial charge in [0.05, 0.1) is 24.7 Å². The average molecular weight is 481 g/mol. The summed E-state index contributed by atoms with van der Waals surface area (Å²) >= 11 is 0. The van der Waals surface area contributed by atoms with Crippen molar-refractivity contribution in [1.29, 1.82) is 0 Å². The molecule has 2 fully saturated rings. The number of rotatable bonds is 6. The van der Waals surface area contributed by atoms with Crippen molar-refractivity contribution in [2.24, 2.45) is 5.41 Å². The van der Waals surface area contributed by atoms with Crippen LogP contribution in [0.2, 0.25) is 0 Å². The van der Waals surface area contributed by atoms with E-state index in [2.05, 4.69) is 32.8 Å². The number of benzene rings is 1. The fourth-order valence-corrected chi connectivity index (χ4v) is 4.80. The Morgan fingerprint density at radius 3 is 2.89 bits per heavy atom. The number of anilines is 1. The zero-order valence-corrected chi connectivity index (χ0v) is 20.9. The van der Waals surface area contributed by atoms with Gasteiger partial charge in [-0.2, -0.15) is 0 Å². The molecule has 188 valence electrons. The second-order valence-electron chi connectivity index (χ2n) is 10.1. The Labute approximate surface area is 207 Å². The smallest absolute Gasteiger partial charge is 0.320 e. The number of nitrogens with zero attached hydrogens (tertiary/aromatic N) is 3. The molecule has 2 atom stereocenters. The van der Waals surface area contributed by atoms with Crippen molar-refractivity contribution in [2.45, 2.75) is 52.5 Å². The van der Waals surface area contributed by atoms with Crippen LogP contribution in [0.4, 0.5) is 10.6 Å². The lowest BCUT2D eigenvalue weighted by molar-refractivity contribution is -0.132. The van der Waals surface area contributed by atoms with Crippen molar-refractivity contribution in [3.05, 3.63) is 36.2 Å². The van der Waals surface area contributed by atoms with Gasteiger partial charge in [0.25, 0.3) is 0 Å². The van der Waals surface area contributed by atoms with Crippen LogP contribution in [0.5, 0.6) is 5.75 Å². The highest BCUT2D eigenvalue weighted by Gasteiger charge is 2.33. The van der Waals surface area contributed by atoms with Gasteiger partial charge in [0, 0.05) is 43.6 Å². The average Bonchev–Trinajstić information content (AvgIpc) is 2.84. The third-order valence-corrected chi connectivity index (χ3v) is 6.78. The van der Waals surface area contributed by atoms with Crippen LogP contribution in [0, 0.1) is 12.3 Å². The zero-order valence-electron chi connectivity index (χ0n) is 20.9. The van der Waals surface area contributed by atoms with Crippen LogP contribution in [-0.4, -0.2) is 65.6 Å². The third-order valence-electron chi connectivity index (χ3n) is 6.78. The van der Waals surface area contributed by atoms with Gasteiger partial charge < -0.3 is 20.3 Å². The number of amides is 3. The number of likely N-dealkylation sites (tertiary alicyclic amines) is 1. The second kappa shape index (κ2) is 11.0. The molecule has 35 heavy (non-hydrogen) atoms. The number of nitrogens with one attached hydrogen (secondary N) is 3. The maximum absolute atomic E-state index is 12.4. The standard InChI is InChI=1S/C26H36N6O3/c1-18-12-20(7-8-23(18)35-17-26(3)9-5-11-32(16-26)19(2)33)22-14-28-15-24(30-22)31-25(34)29-21-6-4-10-27-13-21/h7-8,12,14-15,21,27H,4-6,9-11,13,16-17H2,1-3H3,(H2,29,30,31,34)/t21-,26?/m0/s1. The Balaban J connectivity index is 1.37. The first kappa shape index (κ1) is 24.9. The van der Waals surface area contributed by atoms with Crippen LogP contribution in [-0.2, 0) is 4.79 Å². The lowest BCUT2D eigenvalue weighted by Gasteiger charge is -2.39. The first-order chi connectivity index (χ1) is 16.8. The van der Waals surface area contributed by atoms with E-state index >= 15 is 0 Å². The summed E-state index contributed by atoms with van der Waals surface area (Å²) in [5.74, 6) is 1.34. The molecule has 1 unspecified atom stereocenters. The minimum Gasteiger partial charge on any atom is -0.493 e. The number of hydrogen-bond donors (Lipinski definition) is 3. The summed E-state index contributed by atoms with van der Waals surface area (Å²) in [6, 6.07) is 5.77. The molecular formula is C26H36N6O3. The van der Waals surface area contributed by atoms with Crippen LogP contribution in [0.15, 0.2) is 30.6 Å². The SMILES string of the molecule is CC(=O)N1CCCC(C)(COc2ccc(-c3cncc(NC(=O)N[C@H]4CCCNC4)n3)cc2C)C1. The number of urea groups is 1. The van der Waals surface area contributed by atoms with Crippen molar-refractivity contribution in [2.75, 3.05) is 38.1 Å². The minimum atomic E-state index is -0.273. The van der Waals surface area contributed by atoms with E-state index in [1.807, 2.05) is 30.0 Å². The number of carbonyl (C=O) groups is 2. The van der Waals surface area contributed by atoms with Crippen molar-refractivity contribution < 1.29 is 14.3 Å². The normalized spacial score (nSPS) is 22.4. The van der Waals surface area contributed by atoms with E-state index in [0.717, 1.165) is 68.7 Å². The Morgan fingerprint density at radius 2 is 2.14 bits per heavy atom. The molecule has 1 aromatic carbocycles. The van der Waals surface area contributed by atoms with Crippen LogP contribution in [0.1, 0.15) is 45.1 Å². The molecule has 9 heteroatoms. The first-order valence-corrected chi connectivity index (χ1v) is 12.4. The maximum Gasteiger partial charge on any atom is 0.320 e. The molecule has 2 aliphatic heterocycles. The van der Waals surface area contributed by atoms with Crippen molar-refractivity contribution in [3.63, 3.8) is 0 Å². The van der Waals surface area contributed by atoms with E-state index in [9.17, 15) is 9.59 Å². The van der Waals surface area contributed by atoms with Crippen molar-refractivity contribution in [3.8, 4) is 17.0 Å². The maximum atomic E-state index is 12.4. The number of hydrogen-bond acceptors (Lipinski definition) is 6. The first-order valence-electron chi connectivity index (χ1n) is 12.4. The van der Waals surface area contributed by atoms with Gasteiger partial charge in [-0.25, -0.2) is 9.78 Å². The molecule has 0 saturated carbocycles. The number of aryl methyl sites for hydroxylation is 1. The third kappa shape index (κ3) is 6.69.